The van der Waals surface area contributed by atoms with Gasteiger partial charge in [-0.1, -0.05) is 17.8 Å². The molecule has 0 fully saturated rings. The molecule has 1 aromatic heterocycles. The maximum atomic E-state index is 12.3. The average Bonchev–Trinajstić information content (AvgIpc) is 3.20. The van der Waals surface area contributed by atoms with E-state index in [0.29, 0.717) is 33.8 Å². The Morgan fingerprint density at radius 1 is 1.04 bits per heavy atom. The zero-order valence-corrected chi connectivity index (χ0v) is 16.4. The van der Waals surface area contributed by atoms with Crippen LogP contribution in [0, 0.1) is 0 Å². The number of benzene rings is 2. The Labute approximate surface area is 166 Å². The van der Waals surface area contributed by atoms with Crippen LogP contribution in [0.5, 0.6) is 17.2 Å². The largest absolute Gasteiger partial charge is 0.497 e. The Morgan fingerprint density at radius 3 is 2.43 bits per heavy atom. The van der Waals surface area contributed by atoms with E-state index in [-0.39, 0.29) is 11.7 Å². The molecule has 1 N–H and O–H groups in total. The van der Waals surface area contributed by atoms with Gasteiger partial charge in [-0.15, -0.1) is 5.10 Å². The van der Waals surface area contributed by atoms with Crippen molar-refractivity contribution in [2.24, 2.45) is 0 Å². The van der Waals surface area contributed by atoms with Crippen LogP contribution in [-0.4, -0.2) is 53.2 Å². The van der Waals surface area contributed by atoms with Gasteiger partial charge in [0.2, 0.25) is 11.1 Å². The molecule has 3 rings (SSSR count). The minimum atomic E-state index is -0.184. The molecular formula is C18H19N5O4S. The number of rotatable bonds is 8. The number of aromatic nitrogens is 4. The lowest BCUT2D eigenvalue weighted by Crippen LogP contribution is -2.14. The number of nitrogens with one attached hydrogen (secondary N) is 1. The Balaban J connectivity index is 1.70. The SMILES string of the molecule is COc1cccc(NC(=O)CSc2nnnn2-c2cc(OC)cc(OC)c2)c1. The van der Waals surface area contributed by atoms with E-state index in [1.54, 1.807) is 63.8 Å². The molecule has 0 radical (unpaired) electrons. The van der Waals surface area contributed by atoms with Crippen molar-refractivity contribution in [2.75, 3.05) is 32.4 Å². The smallest absolute Gasteiger partial charge is 0.234 e. The lowest BCUT2D eigenvalue weighted by atomic mass is 10.3. The van der Waals surface area contributed by atoms with Gasteiger partial charge in [0.1, 0.15) is 17.2 Å². The van der Waals surface area contributed by atoms with E-state index >= 15 is 0 Å². The fourth-order valence-corrected chi connectivity index (χ4v) is 3.06. The second-order valence-electron chi connectivity index (χ2n) is 5.51. The number of amides is 1. The molecule has 1 heterocycles. The molecule has 10 heteroatoms. The summed E-state index contributed by atoms with van der Waals surface area (Å²) in [5.41, 5.74) is 1.32. The number of thioether (sulfide) groups is 1. The Hall–Kier alpha value is -3.27. The highest BCUT2D eigenvalue weighted by Crippen LogP contribution is 2.27. The van der Waals surface area contributed by atoms with Gasteiger partial charge < -0.3 is 19.5 Å². The van der Waals surface area contributed by atoms with Crippen molar-refractivity contribution in [1.82, 2.24) is 20.2 Å². The van der Waals surface area contributed by atoms with Crippen LogP contribution in [0.1, 0.15) is 0 Å². The quantitative estimate of drug-likeness (QED) is 0.575. The summed E-state index contributed by atoms with van der Waals surface area (Å²) < 4.78 is 17.2. The van der Waals surface area contributed by atoms with Crippen molar-refractivity contribution in [3.8, 4) is 22.9 Å². The molecule has 0 bridgehead atoms. The standard InChI is InChI=1S/C18H19N5O4S/c1-25-14-6-4-5-12(7-14)19-17(24)11-28-18-20-21-22-23(18)13-8-15(26-2)10-16(9-13)27-3/h4-10H,11H2,1-3H3,(H,19,24). The normalized spacial score (nSPS) is 10.4. The first-order valence-electron chi connectivity index (χ1n) is 8.21. The number of hydrogen-bond donors (Lipinski definition) is 1. The molecule has 0 saturated heterocycles. The van der Waals surface area contributed by atoms with Gasteiger partial charge in [-0.25, -0.2) is 0 Å². The summed E-state index contributed by atoms with van der Waals surface area (Å²) >= 11 is 1.21. The second-order valence-corrected chi connectivity index (χ2v) is 6.46. The van der Waals surface area contributed by atoms with Crippen LogP contribution in [0.2, 0.25) is 0 Å². The molecule has 0 saturated carbocycles. The van der Waals surface area contributed by atoms with Gasteiger partial charge >= 0.3 is 0 Å². The van der Waals surface area contributed by atoms with Gasteiger partial charge in [0.25, 0.3) is 0 Å². The minimum absolute atomic E-state index is 0.138. The maximum absolute atomic E-state index is 12.3. The molecule has 0 aliphatic heterocycles. The molecule has 9 nitrogen and oxygen atoms in total. The highest BCUT2D eigenvalue weighted by molar-refractivity contribution is 7.99. The van der Waals surface area contributed by atoms with Crippen molar-refractivity contribution >= 4 is 23.4 Å². The van der Waals surface area contributed by atoms with Crippen LogP contribution in [-0.2, 0) is 4.79 Å². The molecular weight excluding hydrogens is 382 g/mol. The second kappa shape index (κ2) is 9.09. The molecule has 0 unspecified atom stereocenters. The third kappa shape index (κ3) is 4.71. The fraction of sp³-hybridized carbons (Fsp3) is 0.222. The number of hydrogen-bond acceptors (Lipinski definition) is 8. The third-order valence-corrected chi connectivity index (χ3v) is 4.63. The van der Waals surface area contributed by atoms with Crippen LogP contribution < -0.4 is 19.5 Å². The molecule has 3 aromatic rings. The average molecular weight is 401 g/mol. The summed E-state index contributed by atoms with van der Waals surface area (Å²) in [4.78, 5) is 12.3. The van der Waals surface area contributed by atoms with E-state index in [2.05, 4.69) is 20.8 Å². The number of carbonyl (C=O) groups excluding carboxylic acids is 1. The van der Waals surface area contributed by atoms with E-state index in [0.717, 1.165) is 0 Å². The van der Waals surface area contributed by atoms with Crippen LogP contribution in [0.4, 0.5) is 5.69 Å². The van der Waals surface area contributed by atoms with E-state index in [9.17, 15) is 4.79 Å². The molecule has 0 aliphatic rings. The molecule has 2 aromatic carbocycles. The van der Waals surface area contributed by atoms with Gasteiger partial charge in [-0.3, -0.25) is 4.79 Å². The molecule has 0 spiro atoms. The van der Waals surface area contributed by atoms with E-state index in [1.165, 1.54) is 16.4 Å². The van der Waals surface area contributed by atoms with E-state index in [1.807, 2.05) is 0 Å². The molecule has 0 atom stereocenters. The number of carbonyl (C=O) groups is 1. The van der Waals surface area contributed by atoms with Gasteiger partial charge in [0.05, 0.1) is 32.8 Å². The van der Waals surface area contributed by atoms with Gasteiger partial charge in [0, 0.05) is 30.0 Å². The predicted octanol–water partition coefficient (Wildman–Crippen LogP) is 2.42. The zero-order chi connectivity index (χ0) is 19.9. The first kappa shape index (κ1) is 19.5. The lowest BCUT2D eigenvalue weighted by molar-refractivity contribution is -0.113. The Morgan fingerprint density at radius 2 is 1.75 bits per heavy atom. The number of tetrazole rings is 1. The summed E-state index contributed by atoms with van der Waals surface area (Å²) in [5.74, 6) is 1.84. The maximum Gasteiger partial charge on any atom is 0.234 e. The van der Waals surface area contributed by atoms with Crippen molar-refractivity contribution < 1.29 is 19.0 Å². The molecule has 0 aliphatic carbocycles. The van der Waals surface area contributed by atoms with E-state index in [4.69, 9.17) is 14.2 Å². The predicted molar refractivity (Wildman–Crippen MR) is 105 cm³/mol. The van der Waals surface area contributed by atoms with Crippen molar-refractivity contribution in [3.63, 3.8) is 0 Å². The fourth-order valence-electron chi connectivity index (χ4n) is 2.37. The first-order chi connectivity index (χ1) is 13.6. The number of anilines is 1. The third-order valence-electron chi connectivity index (χ3n) is 3.71. The topological polar surface area (TPSA) is 100 Å². The highest BCUT2D eigenvalue weighted by atomic mass is 32.2. The van der Waals surface area contributed by atoms with Crippen LogP contribution in [0.15, 0.2) is 47.6 Å². The van der Waals surface area contributed by atoms with Crippen LogP contribution in [0.3, 0.4) is 0 Å². The number of methoxy groups -OCH3 is 3. The lowest BCUT2D eigenvalue weighted by Gasteiger charge is -2.09. The Bertz CT molecular complexity index is 940. The first-order valence-corrected chi connectivity index (χ1v) is 9.20. The van der Waals surface area contributed by atoms with Gasteiger partial charge in [-0.2, -0.15) is 4.68 Å². The summed E-state index contributed by atoms with van der Waals surface area (Å²) in [6.07, 6.45) is 0. The summed E-state index contributed by atoms with van der Waals surface area (Å²) in [6.45, 7) is 0. The summed E-state index contributed by atoms with van der Waals surface area (Å²) in [6, 6.07) is 12.5. The van der Waals surface area contributed by atoms with Crippen molar-refractivity contribution in [2.45, 2.75) is 5.16 Å². The number of nitrogens with zero attached hydrogens (tertiary/aromatic N) is 4. The van der Waals surface area contributed by atoms with Crippen LogP contribution in [0.25, 0.3) is 5.69 Å². The molecule has 146 valence electrons. The minimum Gasteiger partial charge on any atom is -0.497 e. The van der Waals surface area contributed by atoms with Crippen molar-refractivity contribution in [3.05, 3.63) is 42.5 Å². The molecule has 1 amide bonds. The summed E-state index contributed by atoms with van der Waals surface area (Å²) in [7, 11) is 4.71. The summed E-state index contributed by atoms with van der Waals surface area (Å²) in [5, 5.41) is 15.0. The van der Waals surface area contributed by atoms with Gasteiger partial charge in [-0.05, 0) is 22.6 Å². The Kier molecular flexibility index (Phi) is 6.33. The monoisotopic (exact) mass is 401 g/mol. The van der Waals surface area contributed by atoms with E-state index < -0.39 is 0 Å². The number of ether oxygens (including phenoxy) is 3. The highest BCUT2D eigenvalue weighted by Gasteiger charge is 2.14. The zero-order valence-electron chi connectivity index (χ0n) is 15.6. The van der Waals surface area contributed by atoms with Gasteiger partial charge in [0.15, 0.2) is 0 Å². The molecule has 28 heavy (non-hydrogen) atoms. The van der Waals surface area contributed by atoms with Crippen molar-refractivity contribution in [1.29, 1.82) is 0 Å². The van der Waals surface area contributed by atoms with Crippen LogP contribution >= 0.6 is 11.8 Å².